The zero-order valence-corrected chi connectivity index (χ0v) is 35.7. The summed E-state index contributed by atoms with van der Waals surface area (Å²) in [4.78, 5) is 38.4. The molecule has 17 nitrogen and oxygen atoms in total. The fraction of sp³-hybridized carbons (Fsp3) is 0.756. The molecule has 2 aromatic rings. The van der Waals surface area contributed by atoms with Gasteiger partial charge < -0.3 is 54.2 Å². The van der Waals surface area contributed by atoms with E-state index in [9.17, 15) is 24.9 Å². The van der Waals surface area contributed by atoms with Crippen molar-refractivity contribution in [2.75, 3.05) is 27.7 Å². The number of cyclic esters (lactones) is 1. The van der Waals surface area contributed by atoms with Crippen molar-refractivity contribution in [2.45, 2.75) is 147 Å². The molecule has 0 aromatic carbocycles. The SMILES string of the molecule is CC[C@H]1OC(=O)[C@H](C)[C@@H](O)[C@H](C)[C@@H](O[C@@H]2O[C@H](O)C[C@@H](N(C)C)[C@@H]2O)[C@@](C)(OC)C[C@@H](C)C(N)[C@H](C)[C@H]2N(NCCCn3cnc(-c4cccnc4)c3)C(=O)O[C@]12C. The van der Waals surface area contributed by atoms with Gasteiger partial charge in [-0.1, -0.05) is 27.7 Å². The number of pyridine rings is 1. The third-order valence-electron chi connectivity index (χ3n) is 12.9. The minimum absolute atomic E-state index is 0.167. The molecule has 0 bridgehead atoms. The van der Waals surface area contributed by atoms with Crippen LogP contribution in [0.25, 0.3) is 11.3 Å². The zero-order chi connectivity index (χ0) is 42.7. The maximum atomic E-state index is 14.0. The number of imidazole rings is 1. The summed E-state index contributed by atoms with van der Waals surface area (Å²) in [7, 11) is 5.13. The highest BCUT2D eigenvalue weighted by Gasteiger charge is 2.60. The van der Waals surface area contributed by atoms with E-state index in [0.29, 0.717) is 32.4 Å². The Morgan fingerprint density at radius 2 is 1.83 bits per heavy atom. The fourth-order valence-corrected chi connectivity index (χ4v) is 9.31. The number of aryl methyl sites for hydroxylation is 1. The first-order valence-corrected chi connectivity index (χ1v) is 20.6. The number of hydrogen-bond donors (Lipinski definition) is 5. The van der Waals surface area contributed by atoms with Gasteiger partial charge in [0.05, 0.1) is 41.8 Å². The predicted molar refractivity (Wildman–Crippen MR) is 213 cm³/mol. The monoisotopic (exact) mass is 817 g/mol. The molecule has 17 heteroatoms. The number of likely N-dealkylation sites (N-methyl/N-ethyl adjacent to an activating group) is 1. The van der Waals surface area contributed by atoms with Crippen molar-refractivity contribution in [3.63, 3.8) is 0 Å². The molecule has 2 aromatic heterocycles. The van der Waals surface area contributed by atoms with Gasteiger partial charge in [0.15, 0.2) is 18.2 Å². The Kier molecular flexibility index (Phi) is 15.0. The van der Waals surface area contributed by atoms with E-state index in [-0.39, 0.29) is 12.3 Å². The minimum Gasteiger partial charge on any atom is -0.458 e. The van der Waals surface area contributed by atoms with Crippen LogP contribution in [0, 0.1) is 23.7 Å². The average Bonchev–Trinajstić information content (AvgIpc) is 3.78. The van der Waals surface area contributed by atoms with Crippen molar-refractivity contribution in [1.29, 1.82) is 0 Å². The molecule has 1 unspecified atom stereocenters. The fourth-order valence-electron chi connectivity index (χ4n) is 9.31. The second kappa shape index (κ2) is 19.0. The third kappa shape index (κ3) is 9.53. The van der Waals surface area contributed by atoms with Gasteiger partial charge in [0, 0.05) is 68.8 Å². The molecule has 326 valence electrons. The number of nitrogens with two attached hydrogens (primary N) is 1. The number of nitrogens with one attached hydrogen (secondary N) is 1. The Labute approximate surface area is 342 Å². The lowest BCUT2D eigenvalue weighted by molar-refractivity contribution is -0.332. The number of aromatic nitrogens is 3. The van der Waals surface area contributed by atoms with Crippen LogP contribution < -0.4 is 11.2 Å². The molecule has 0 spiro atoms. The van der Waals surface area contributed by atoms with E-state index in [0.717, 1.165) is 11.3 Å². The molecule has 5 rings (SSSR count). The summed E-state index contributed by atoms with van der Waals surface area (Å²) in [5.74, 6) is -3.19. The van der Waals surface area contributed by atoms with E-state index in [1.54, 1.807) is 58.5 Å². The molecule has 3 fully saturated rings. The molecular formula is C41H67N7O10. The molecule has 1 amide bonds. The predicted octanol–water partition coefficient (Wildman–Crippen LogP) is 2.52. The van der Waals surface area contributed by atoms with Crippen LogP contribution in [0.2, 0.25) is 0 Å². The number of aliphatic hydroxyl groups is 3. The lowest BCUT2D eigenvalue weighted by Gasteiger charge is -2.48. The highest BCUT2D eigenvalue weighted by Crippen LogP contribution is 2.43. The first-order chi connectivity index (χ1) is 27.4. The van der Waals surface area contributed by atoms with E-state index in [1.807, 2.05) is 50.6 Å². The van der Waals surface area contributed by atoms with Crippen LogP contribution in [-0.4, -0.2) is 146 Å². The van der Waals surface area contributed by atoms with Crippen molar-refractivity contribution < 1.29 is 48.6 Å². The zero-order valence-electron chi connectivity index (χ0n) is 35.7. The van der Waals surface area contributed by atoms with Gasteiger partial charge in [-0.25, -0.2) is 20.2 Å². The van der Waals surface area contributed by atoms with Crippen LogP contribution in [0.5, 0.6) is 0 Å². The van der Waals surface area contributed by atoms with Gasteiger partial charge in [-0.15, -0.1) is 0 Å². The largest absolute Gasteiger partial charge is 0.458 e. The lowest BCUT2D eigenvalue weighted by atomic mass is 9.72. The summed E-state index contributed by atoms with van der Waals surface area (Å²) in [5, 5.41) is 35.4. The topological polar surface area (TPSA) is 216 Å². The smallest absolute Gasteiger partial charge is 0.425 e. The Bertz CT molecular complexity index is 1650. The number of carbonyl (C=O) groups excluding carboxylic acids is 2. The standard InChI is InChI=1S/C41H67N7O10/c1-11-30-41(7)35(48(39(53)58-41)45-16-13-17-47-21-28(44-22-47)27-14-12-15-43-20-27)24(3)32(42)23(2)19-40(6,54-10)36(25(4)33(50)26(5)37(52)55-30)57-38-34(51)29(46(8)9)18-31(49)56-38/h12,14-15,20-26,29-36,38,45,49-51H,11,13,16-19,42H2,1-10H3/t23-,24+,25+,26-,29-,30-,31+,32?,33+,34+,35-,36-,38+,40+,41-/m1/s1. The van der Waals surface area contributed by atoms with Gasteiger partial charge in [-0.3, -0.25) is 9.78 Å². The van der Waals surface area contributed by atoms with E-state index in [1.165, 1.54) is 12.1 Å². The maximum absolute atomic E-state index is 14.0. The summed E-state index contributed by atoms with van der Waals surface area (Å²) < 4.78 is 32.9. The van der Waals surface area contributed by atoms with Gasteiger partial charge in [0.2, 0.25) is 0 Å². The van der Waals surface area contributed by atoms with Gasteiger partial charge in [0.1, 0.15) is 12.2 Å². The Hall–Kier alpha value is -3.26. The number of nitrogens with zero attached hydrogens (tertiary/aromatic N) is 5. The molecule has 15 atom stereocenters. The number of amides is 1. The van der Waals surface area contributed by atoms with E-state index in [2.05, 4.69) is 15.4 Å². The molecule has 3 saturated heterocycles. The second-order valence-electron chi connectivity index (χ2n) is 17.2. The van der Waals surface area contributed by atoms with E-state index < -0.39 is 96.1 Å². The van der Waals surface area contributed by atoms with E-state index >= 15 is 0 Å². The number of aliphatic hydroxyl groups excluding tert-OH is 3. The molecule has 58 heavy (non-hydrogen) atoms. The van der Waals surface area contributed by atoms with Crippen LogP contribution in [-0.2, 0) is 35.0 Å². The number of methoxy groups -OCH3 is 1. The average molecular weight is 818 g/mol. The first-order valence-electron chi connectivity index (χ1n) is 20.6. The Balaban J connectivity index is 1.43. The van der Waals surface area contributed by atoms with Crippen molar-refractivity contribution in [1.82, 2.24) is 29.9 Å². The number of rotatable bonds is 11. The molecule has 0 radical (unpaired) electrons. The Morgan fingerprint density at radius 1 is 1.10 bits per heavy atom. The van der Waals surface area contributed by atoms with Crippen molar-refractivity contribution in [2.24, 2.45) is 29.4 Å². The molecule has 3 aliphatic rings. The number of esters is 1. The van der Waals surface area contributed by atoms with Crippen molar-refractivity contribution in [3.8, 4) is 11.3 Å². The van der Waals surface area contributed by atoms with E-state index in [4.69, 9.17) is 29.4 Å². The molecule has 0 saturated carbocycles. The van der Waals surface area contributed by atoms with Crippen LogP contribution in [0.15, 0.2) is 37.1 Å². The van der Waals surface area contributed by atoms with Gasteiger partial charge in [0.25, 0.3) is 0 Å². The summed E-state index contributed by atoms with van der Waals surface area (Å²) in [6, 6.07) is 2.10. The normalized spacial score (nSPS) is 39.2. The van der Waals surface area contributed by atoms with Crippen LogP contribution in [0.4, 0.5) is 4.79 Å². The maximum Gasteiger partial charge on any atom is 0.425 e. The number of hydrogen-bond acceptors (Lipinski definition) is 15. The highest BCUT2D eigenvalue weighted by atomic mass is 16.7. The molecular weight excluding hydrogens is 750 g/mol. The number of carbonyl (C=O) groups is 2. The summed E-state index contributed by atoms with van der Waals surface area (Å²) >= 11 is 0. The number of ether oxygens (including phenoxy) is 5. The van der Waals surface area contributed by atoms with Crippen LogP contribution >= 0.6 is 0 Å². The highest BCUT2D eigenvalue weighted by molar-refractivity contribution is 5.74. The quantitative estimate of drug-likeness (QED) is 0.163. The molecule has 5 heterocycles. The van der Waals surface area contributed by atoms with Crippen LogP contribution in [0.3, 0.4) is 0 Å². The summed E-state index contributed by atoms with van der Waals surface area (Å²) in [6.07, 6.45) is 1.22. The summed E-state index contributed by atoms with van der Waals surface area (Å²) in [5.41, 5.74) is 9.74. The van der Waals surface area contributed by atoms with Crippen LogP contribution in [0.1, 0.15) is 74.1 Å². The first kappa shape index (κ1) is 45.8. The minimum atomic E-state index is -1.32. The molecule has 6 N–H and O–H groups in total. The number of hydrazine groups is 1. The second-order valence-corrected chi connectivity index (χ2v) is 17.2. The molecule has 3 aliphatic heterocycles. The lowest BCUT2D eigenvalue weighted by Crippen LogP contribution is -2.63. The van der Waals surface area contributed by atoms with Crippen molar-refractivity contribution in [3.05, 3.63) is 37.1 Å². The van der Waals surface area contributed by atoms with Gasteiger partial charge in [-0.05, 0) is 78.1 Å². The molecule has 0 aliphatic carbocycles. The van der Waals surface area contributed by atoms with Gasteiger partial charge >= 0.3 is 12.1 Å². The van der Waals surface area contributed by atoms with Gasteiger partial charge in [-0.2, -0.15) is 0 Å². The Morgan fingerprint density at radius 3 is 2.47 bits per heavy atom. The van der Waals surface area contributed by atoms with Crippen molar-refractivity contribution >= 4 is 12.1 Å². The third-order valence-corrected chi connectivity index (χ3v) is 12.9. The summed E-state index contributed by atoms with van der Waals surface area (Å²) in [6.45, 7) is 13.8. The number of fused-ring (bicyclic) bond motifs is 1.